The molecule has 0 aliphatic carbocycles. The van der Waals surface area contributed by atoms with Gasteiger partial charge < -0.3 is 19.5 Å². The van der Waals surface area contributed by atoms with E-state index in [0.717, 1.165) is 0 Å². The zero-order valence-corrected chi connectivity index (χ0v) is 16.5. The van der Waals surface area contributed by atoms with Gasteiger partial charge in [0.15, 0.2) is 5.82 Å². The third-order valence-corrected chi connectivity index (χ3v) is 4.74. The lowest BCUT2D eigenvalue weighted by atomic mass is 9.84. The van der Waals surface area contributed by atoms with Gasteiger partial charge in [-0.05, 0) is 18.2 Å². The van der Waals surface area contributed by atoms with E-state index >= 15 is 0 Å². The van der Waals surface area contributed by atoms with E-state index < -0.39 is 23.6 Å². The fourth-order valence-electron chi connectivity index (χ4n) is 3.29. The standard InChI is InChI=1S/C17H17FN4O3.C2HF3O2/c18-13-2-1-5-20-15(13)25-12-4-7-24-17(8-12)9-22(10-17)16(23)14-3-6-19-11-21-14;3-2(4,5)1(6)7/h1-3,5-6,11-12H,4,7-10H2;(H,6,7). The molecule has 2 aliphatic heterocycles. The smallest absolute Gasteiger partial charge is 0.475 e. The molecule has 2 aromatic rings. The molecule has 4 rings (SSSR count). The summed E-state index contributed by atoms with van der Waals surface area (Å²) in [7, 11) is 0. The summed E-state index contributed by atoms with van der Waals surface area (Å²) in [6.07, 6.45) is 0.380. The summed E-state index contributed by atoms with van der Waals surface area (Å²) < 4.78 is 57.0. The highest BCUT2D eigenvalue weighted by molar-refractivity contribution is 5.92. The minimum Gasteiger partial charge on any atom is -0.475 e. The number of amides is 1. The number of hydrogen-bond acceptors (Lipinski definition) is 7. The van der Waals surface area contributed by atoms with Gasteiger partial charge in [0.2, 0.25) is 0 Å². The van der Waals surface area contributed by atoms with Crippen LogP contribution < -0.4 is 4.74 Å². The molecule has 172 valence electrons. The second-order valence-electron chi connectivity index (χ2n) is 7.11. The summed E-state index contributed by atoms with van der Waals surface area (Å²) in [5.74, 6) is -3.36. The van der Waals surface area contributed by atoms with Gasteiger partial charge in [-0.15, -0.1) is 0 Å². The molecule has 1 amide bonds. The first-order valence-electron chi connectivity index (χ1n) is 9.36. The van der Waals surface area contributed by atoms with E-state index in [9.17, 15) is 22.4 Å². The summed E-state index contributed by atoms with van der Waals surface area (Å²) in [5, 5.41) is 7.12. The van der Waals surface area contributed by atoms with Crippen LogP contribution in [0.5, 0.6) is 5.88 Å². The Bertz CT molecular complexity index is 954. The molecule has 1 N–H and O–H groups in total. The van der Waals surface area contributed by atoms with E-state index in [-0.39, 0.29) is 17.9 Å². The van der Waals surface area contributed by atoms with E-state index in [0.29, 0.717) is 38.2 Å². The fourth-order valence-corrected chi connectivity index (χ4v) is 3.29. The predicted octanol–water partition coefficient (Wildman–Crippen LogP) is 2.10. The van der Waals surface area contributed by atoms with Crippen LogP contribution in [0.15, 0.2) is 36.9 Å². The highest BCUT2D eigenvalue weighted by atomic mass is 19.4. The van der Waals surface area contributed by atoms with Crippen LogP contribution in [0.1, 0.15) is 23.3 Å². The van der Waals surface area contributed by atoms with Gasteiger partial charge in [-0.1, -0.05) is 0 Å². The average molecular weight is 458 g/mol. The van der Waals surface area contributed by atoms with Crippen molar-refractivity contribution in [1.82, 2.24) is 19.9 Å². The molecule has 0 saturated carbocycles. The van der Waals surface area contributed by atoms with Crippen molar-refractivity contribution >= 4 is 11.9 Å². The van der Waals surface area contributed by atoms with E-state index in [1.807, 2.05) is 0 Å². The topological polar surface area (TPSA) is 115 Å². The van der Waals surface area contributed by atoms with Gasteiger partial charge in [-0.2, -0.15) is 13.2 Å². The maximum atomic E-state index is 13.7. The Morgan fingerprint density at radius 2 is 1.94 bits per heavy atom. The number of aromatic nitrogens is 3. The number of carboxylic acids is 1. The molecule has 2 aliphatic rings. The van der Waals surface area contributed by atoms with Crippen molar-refractivity contribution in [1.29, 1.82) is 0 Å². The number of hydrogen-bond donors (Lipinski definition) is 1. The minimum absolute atomic E-state index is 0.0118. The van der Waals surface area contributed by atoms with Crippen LogP contribution >= 0.6 is 0 Å². The van der Waals surface area contributed by atoms with Gasteiger partial charge in [0.1, 0.15) is 23.7 Å². The van der Waals surface area contributed by atoms with Crippen LogP contribution in [0, 0.1) is 5.82 Å². The lowest BCUT2D eigenvalue weighted by Gasteiger charge is -2.52. The van der Waals surface area contributed by atoms with Gasteiger partial charge in [0, 0.05) is 25.2 Å². The number of carbonyl (C=O) groups excluding carboxylic acids is 1. The Hall–Kier alpha value is -3.35. The SMILES string of the molecule is O=C(O)C(F)(F)F.O=C(c1ccncn1)N1CC2(CC(Oc3ncccc3F)CCO2)C1. The van der Waals surface area contributed by atoms with Crippen LogP contribution in [0.3, 0.4) is 0 Å². The van der Waals surface area contributed by atoms with Gasteiger partial charge in [-0.25, -0.2) is 24.1 Å². The molecule has 1 unspecified atom stereocenters. The lowest BCUT2D eigenvalue weighted by molar-refractivity contribution is -0.192. The second-order valence-corrected chi connectivity index (χ2v) is 7.11. The van der Waals surface area contributed by atoms with Crippen molar-refractivity contribution in [2.75, 3.05) is 19.7 Å². The molecule has 1 spiro atoms. The van der Waals surface area contributed by atoms with E-state index in [1.165, 1.54) is 30.9 Å². The van der Waals surface area contributed by atoms with Crippen molar-refractivity contribution in [3.05, 3.63) is 48.4 Å². The van der Waals surface area contributed by atoms with E-state index in [4.69, 9.17) is 19.4 Å². The molecular formula is C19H18F4N4O5. The average Bonchev–Trinajstić information content (AvgIpc) is 2.74. The summed E-state index contributed by atoms with van der Waals surface area (Å²) >= 11 is 0. The number of carboxylic acid groups (broad SMARTS) is 1. The first kappa shape index (κ1) is 23.3. The highest BCUT2D eigenvalue weighted by Crippen LogP contribution is 2.36. The lowest BCUT2D eigenvalue weighted by Crippen LogP contribution is -2.67. The summed E-state index contributed by atoms with van der Waals surface area (Å²) in [6, 6.07) is 4.43. The van der Waals surface area contributed by atoms with Gasteiger partial charge in [-0.3, -0.25) is 4.79 Å². The predicted molar refractivity (Wildman–Crippen MR) is 98.2 cm³/mol. The number of alkyl halides is 3. The highest BCUT2D eigenvalue weighted by Gasteiger charge is 2.50. The molecule has 2 aromatic heterocycles. The molecule has 0 aromatic carbocycles. The number of carbonyl (C=O) groups is 2. The zero-order chi connectivity index (χ0) is 23.4. The summed E-state index contributed by atoms with van der Waals surface area (Å²) in [4.78, 5) is 34.7. The number of ether oxygens (including phenoxy) is 2. The van der Waals surface area contributed by atoms with Crippen molar-refractivity contribution in [2.45, 2.75) is 30.7 Å². The van der Waals surface area contributed by atoms with Crippen LogP contribution in [0.4, 0.5) is 17.6 Å². The van der Waals surface area contributed by atoms with E-state index in [1.54, 1.807) is 11.0 Å². The van der Waals surface area contributed by atoms with Crippen molar-refractivity contribution in [3.8, 4) is 5.88 Å². The van der Waals surface area contributed by atoms with E-state index in [2.05, 4.69) is 15.0 Å². The molecular weight excluding hydrogens is 440 g/mol. The zero-order valence-electron chi connectivity index (χ0n) is 16.5. The van der Waals surface area contributed by atoms with Crippen molar-refractivity contribution < 1.29 is 41.7 Å². The third kappa shape index (κ3) is 5.66. The van der Waals surface area contributed by atoms with Crippen LogP contribution in [0.25, 0.3) is 0 Å². The van der Waals surface area contributed by atoms with Crippen LogP contribution in [-0.4, -0.2) is 74.4 Å². The first-order valence-corrected chi connectivity index (χ1v) is 9.36. The number of likely N-dealkylation sites (tertiary alicyclic amines) is 1. The Balaban J connectivity index is 0.000000360. The molecule has 1 atom stereocenters. The van der Waals surface area contributed by atoms with Crippen molar-refractivity contribution in [3.63, 3.8) is 0 Å². The van der Waals surface area contributed by atoms with Crippen molar-refractivity contribution in [2.24, 2.45) is 0 Å². The monoisotopic (exact) mass is 458 g/mol. The molecule has 13 heteroatoms. The summed E-state index contributed by atoms with van der Waals surface area (Å²) in [5.41, 5.74) is -0.0688. The Morgan fingerprint density at radius 3 is 2.53 bits per heavy atom. The number of halogens is 4. The minimum atomic E-state index is -5.08. The molecule has 4 heterocycles. The largest absolute Gasteiger partial charge is 0.490 e. The Labute approximate surface area is 179 Å². The van der Waals surface area contributed by atoms with Crippen LogP contribution in [0.2, 0.25) is 0 Å². The quantitative estimate of drug-likeness (QED) is 0.696. The molecule has 32 heavy (non-hydrogen) atoms. The fraction of sp³-hybridized carbons (Fsp3) is 0.421. The molecule has 0 radical (unpaired) electrons. The normalized spacial score (nSPS) is 19.4. The number of aliphatic carboxylic acids is 1. The van der Waals surface area contributed by atoms with Gasteiger partial charge in [0.25, 0.3) is 11.8 Å². The molecule has 9 nitrogen and oxygen atoms in total. The maximum absolute atomic E-state index is 13.7. The Morgan fingerprint density at radius 1 is 1.22 bits per heavy atom. The van der Waals surface area contributed by atoms with Gasteiger partial charge in [0.05, 0.1) is 19.7 Å². The Kier molecular flexibility index (Phi) is 6.87. The maximum Gasteiger partial charge on any atom is 0.490 e. The second kappa shape index (κ2) is 9.42. The molecule has 0 bridgehead atoms. The number of pyridine rings is 1. The number of rotatable bonds is 3. The van der Waals surface area contributed by atoms with Gasteiger partial charge >= 0.3 is 12.1 Å². The van der Waals surface area contributed by atoms with Crippen LogP contribution in [-0.2, 0) is 9.53 Å². The molecule has 2 fully saturated rings. The summed E-state index contributed by atoms with van der Waals surface area (Å²) in [6.45, 7) is 1.45. The third-order valence-electron chi connectivity index (χ3n) is 4.74. The molecule has 2 saturated heterocycles. The number of nitrogens with zero attached hydrogens (tertiary/aromatic N) is 4. The first-order chi connectivity index (χ1) is 15.1.